The van der Waals surface area contributed by atoms with E-state index in [4.69, 9.17) is 9.47 Å². The van der Waals surface area contributed by atoms with E-state index in [9.17, 15) is 9.59 Å². The van der Waals surface area contributed by atoms with Gasteiger partial charge < -0.3 is 20.1 Å². The molecule has 2 aromatic rings. The Kier molecular flexibility index (Phi) is 5.59. The Morgan fingerprint density at radius 2 is 1.87 bits per heavy atom. The Morgan fingerprint density at radius 3 is 2.48 bits per heavy atom. The highest BCUT2D eigenvalue weighted by atomic mass is 32.1. The number of anilines is 1. The molecule has 2 N–H and O–H groups in total. The van der Waals surface area contributed by atoms with Crippen LogP contribution in [0.3, 0.4) is 0 Å². The standard InChI is InChI=1S/C16H18N2O4S/c1-10(17-16(20)14-5-4-8-23-14)15(19)18-11-6-7-12(21-2)13(9-11)22-3/h4-10H,1-3H3,(H,17,20)(H,18,19)/t10-/m0/s1. The zero-order chi connectivity index (χ0) is 16.8. The molecule has 1 atom stereocenters. The molecule has 0 aliphatic rings. The molecular formula is C16H18N2O4S. The van der Waals surface area contributed by atoms with Crippen molar-refractivity contribution in [2.45, 2.75) is 13.0 Å². The van der Waals surface area contributed by atoms with Gasteiger partial charge in [0, 0.05) is 11.8 Å². The summed E-state index contributed by atoms with van der Waals surface area (Å²) in [6.07, 6.45) is 0. The van der Waals surface area contributed by atoms with Crippen LogP contribution in [0.2, 0.25) is 0 Å². The predicted octanol–water partition coefficient (Wildman–Crippen LogP) is 2.52. The molecule has 6 nitrogen and oxygen atoms in total. The normalized spacial score (nSPS) is 11.4. The van der Waals surface area contributed by atoms with Gasteiger partial charge in [0.25, 0.3) is 5.91 Å². The number of benzene rings is 1. The van der Waals surface area contributed by atoms with Crippen LogP contribution in [0.4, 0.5) is 5.69 Å². The first-order valence-corrected chi connectivity index (χ1v) is 7.80. The van der Waals surface area contributed by atoms with Crippen molar-refractivity contribution < 1.29 is 19.1 Å². The highest BCUT2D eigenvalue weighted by Gasteiger charge is 2.17. The van der Waals surface area contributed by atoms with Gasteiger partial charge in [0.15, 0.2) is 11.5 Å². The maximum absolute atomic E-state index is 12.2. The fraction of sp³-hybridized carbons (Fsp3) is 0.250. The first-order valence-electron chi connectivity index (χ1n) is 6.92. The number of carbonyl (C=O) groups is 2. The van der Waals surface area contributed by atoms with Gasteiger partial charge in [-0.1, -0.05) is 6.07 Å². The molecule has 0 radical (unpaired) electrons. The largest absolute Gasteiger partial charge is 0.493 e. The molecular weight excluding hydrogens is 316 g/mol. The van der Waals surface area contributed by atoms with Crippen LogP contribution in [0.1, 0.15) is 16.6 Å². The minimum absolute atomic E-state index is 0.269. The zero-order valence-electron chi connectivity index (χ0n) is 13.1. The van der Waals surface area contributed by atoms with Crippen LogP contribution in [0.25, 0.3) is 0 Å². The number of hydrogen-bond donors (Lipinski definition) is 2. The lowest BCUT2D eigenvalue weighted by Crippen LogP contribution is -2.41. The second-order valence-corrected chi connectivity index (χ2v) is 5.68. The molecule has 0 bridgehead atoms. The molecule has 0 saturated heterocycles. The molecule has 0 saturated carbocycles. The quantitative estimate of drug-likeness (QED) is 0.851. The van der Waals surface area contributed by atoms with Crippen molar-refractivity contribution in [2.24, 2.45) is 0 Å². The summed E-state index contributed by atoms with van der Waals surface area (Å²) in [6, 6.07) is 7.88. The number of amides is 2. The summed E-state index contributed by atoms with van der Waals surface area (Å²) < 4.78 is 10.3. The maximum atomic E-state index is 12.2. The molecule has 0 aliphatic carbocycles. The Hall–Kier alpha value is -2.54. The summed E-state index contributed by atoms with van der Waals surface area (Å²) in [5.41, 5.74) is 0.560. The van der Waals surface area contributed by atoms with Crippen LogP contribution in [0.15, 0.2) is 35.7 Å². The van der Waals surface area contributed by atoms with Gasteiger partial charge in [-0.3, -0.25) is 9.59 Å². The summed E-state index contributed by atoms with van der Waals surface area (Å²) >= 11 is 1.32. The van der Waals surface area contributed by atoms with Crippen LogP contribution in [-0.4, -0.2) is 32.1 Å². The highest BCUT2D eigenvalue weighted by Crippen LogP contribution is 2.29. The minimum Gasteiger partial charge on any atom is -0.493 e. The molecule has 7 heteroatoms. The van der Waals surface area contributed by atoms with E-state index in [2.05, 4.69) is 10.6 Å². The first kappa shape index (κ1) is 16.8. The minimum atomic E-state index is -0.669. The zero-order valence-corrected chi connectivity index (χ0v) is 13.9. The van der Waals surface area contributed by atoms with Crippen molar-refractivity contribution in [1.82, 2.24) is 5.32 Å². The SMILES string of the molecule is COc1ccc(NC(=O)[C@H](C)NC(=O)c2cccs2)cc1OC. The van der Waals surface area contributed by atoms with Crippen molar-refractivity contribution in [3.63, 3.8) is 0 Å². The smallest absolute Gasteiger partial charge is 0.261 e. The van der Waals surface area contributed by atoms with Crippen molar-refractivity contribution in [3.05, 3.63) is 40.6 Å². The molecule has 1 aromatic carbocycles. The van der Waals surface area contributed by atoms with Gasteiger partial charge in [0.2, 0.25) is 5.91 Å². The van der Waals surface area contributed by atoms with E-state index >= 15 is 0 Å². The van der Waals surface area contributed by atoms with Crippen LogP contribution >= 0.6 is 11.3 Å². The molecule has 122 valence electrons. The predicted molar refractivity (Wildman–Crippen MR) is 89.4 cm³/mol. The van der Waals surface area contributed by atoms with Crippen LogP contribution < -0.4 is 20.1 Å². The van der Waals surface area contributed by atoms with E-state index in [1.54, 1.807) is 37.3 Å². The Morgan fingerprint density at radius 1 is 1.13 bits per heavy atom. The van der Waals surface area contributed by atoms with E-state index in [0.717, 1.165) is 0 Å². The fourth-order valence-corrected chi connectivity index (χ4v) is 2.53. The third-order valence-corrected chi connectivity index (χ3v) is 4.01. The van der Waals surface area contributed by atoms with Gasteiger partial charge in [-0.25, -0.2) is 0 Å². The van der Waals surface area contributed by atoms with E-state index in [1.165, 1.54) is 25.6 Å². The molecule has 23 heavy (non-hydrogen) atoms. The van der Waals surface area contributed by atoms with E-state index in [0.29, 0.717) is 22.1 Å². The third-order valence-electron chi connectivity index (χ3n) is 3.14. The van der Waals surface area contributed by atoms with Gasteiger partial charge in [-0.05, 0) is 30.5 Å². The number of nitrogens with one attached hydrogen (secondary N) is 2. The Bertz CT molecular complexity index is 685. The van der Waals surface area contributed by atoms with Crippen LogP contribution in [0.5, 0.6) is 11.5 Å². The molecule has 1 aromatic heterocycles. The Balaban J connectivity index is 1.99. The van der Waals surface area contributed by atoms with Gasteiger partial charge in [-0.2, -0.15) is 0 Å². The summed E-state index contributed by atoms with van der Waals surface area (Å²) in [4.78, 5) is 24.7. The highest BCUT2D eigenvalue weighted by molar-refractivity contribution is 7.12. The van der Waals surface area contributed by atoms with E-state index in [1.807, 2.05) is 5.38 Å². The topological polar surface area (TPSA) is 76.7 Å². The lowest BCUT2D eigenvalue weighted by molar-refractivity contribution is -0.117. The second kappa shape index (κ2) is 7.64. The molecule has 0 aliphatic heterocycles. The number of carbonyl (C=O) groups excluding carboxylic acids is 2. The molecule has 1 heterocycles. The molecule has 2 amide bonds. The summed E-state index contributed by atoms with van der Waals surface area (Å²) in [5, 5.41) is 7.20. The van der Waals surface area contributed by atoms with Gasteiger partial charge in [-0.15, -0.1) is 11.3 Å². The van der Waals surface area contributed by atoms with Crippen molar-refractivity contribution in [1.29, 1.82) is 0 Å². The van der Waals surface area contributed by atoms with E-state index in [-0.39, 0.29) is 11.8 Å². The second-order valence-electron chi connectivity index (χ2n) is 4.73. The average Bonchev–Trinajstić information content (AvgIpc) is 3.09. The number of hydrogen-bond acceptors (Lipinski definition) is 5. The number of ether oxygens (including phenoxy) is 2. The Labute approximate surface area is 138 Å². The van der Waals surface area contributed by atoms with E-state index < -0.39 is 6.04 Å². The fourth-order valence-electron chi connectivity index (χ4n) is 1.91. The summed E-state index contributed by atoms with van der Waals surface area (Å²) in [7, 11) is 3.06. The van der Waals surface area contributed by atoms with Crippen LogP contribution in [0, 0.1) is 0 Å². The van der Waals surface area contributed by atoms with Crippen molar-refractivity contribution in [2.75, 3.05) is 19.5 Å². The number of thiophene rings is 1. The van der Waals surface area contributed by atoms with Gasteiger partial charge in [0.1, 0.15) is 6.04 Å². The average molecular weight is 334 g/mol. The van der Waals surface area contributed by atoms with Crippen molar-refractivity contribution >= 4 is 28.8 Å². The molecule has 2 rings (SSSR count). The summed E-state index contributed by atoms with van der Waals surface area (Å²) in [6.45, 7) is 1.63. The molecule has 0 spiro atoms. The number of methoxy groups -OCH3 is 2. The monoisotopic (exact) mass is 334 g/mol. The lowest BCUT2D eigenvalue weighted by Gasteiger charge is -2.15. The van der Waals surface area contributed by atoms with Crippen LogP contribution in [-0.2, 0) is 4.79 Å². The molecule has 0 unspecified atom stereocenters. The number of rotatable bonds is 6. The third kappa shape index (κ3) is 4.23. The van der Waals surface area contributed by atoms with Crippen molar-refractivity contribution in [3.8, 4) is 11.5 Å². The molecule has 0 fully saturated rings. The maximum Gasteiger partial charge on any atom is 0.261 e. The first-order chi connectivity index (χ1) is 11.0. The lowest BCUT2D eigenvalue weighted by atomic mass is 10.2. The summed E-state index contributed by atoms with van der Waals surface area (Å²) in [5.74, 6) is 0.502. The van der Waals surface area contributed by atoms with Gasteiger partial charge in [0.05, 0.1) is 19.1 Å². The van der Waals surface area contributed by atoms with Gasteiger partial charge >= 0.3 is 0 Å².